The van der Waals surface area contributed by atoms with E-state index in [4.69, 9.17) is 9.47 Å². The molecule has 3 heterocycles. The van der Waals surface area contributed by atoms with Gasteiger partial charge in [-0.1, -0.05) is 30.3 Å². The first kappa shape index (κ1) is 21.9. The summed E-state index contributed by atoms with van der Waals surface area (Å²) in [7, 11) is 1.61. The van der Waals surface area contributed by atoms with Gasteiger partial charge in [-0.2, -0.15) is 0 Å². The van der Waals surface area contributed by atoms with Crippen molar-refractivity contribution >= 4 is 44.0 Å². The van der Waals surface area contributed by atoms with Crippen LogP contribution < -0.4 is 20.3 Å². The number of nitrogens with one attached hydrogen (secondary N) is 1. The molecule has 0 bridgehead atoms. The van der Waals surface area contributed by atoms with Crippen molar-refractivity contribution in [3.05, 3.63) is 94.9 Å². The van der Waals surface area contributed by atoms with E-state index in [0.717, 1.165) is 44.0 Å². The Hall–Kier alpha value is -4.65. The average molecular weight is 478 g/mol. The minimum Gasteiger partial charge on any atom is -0.497 e. The van der Waals surface area contributed by atoms with Crippen LogP contribution in [0.4, 0.5) is 0 Å². The Morgan fingerprint density at radius 1 is 0.944 bits per heavy atom. The molecular weight excluding hydrogens is 454 g/mol. The Kier molecular flexibility index (Phi) is 5.18. The van der Waals surface area contributed by atoms with E-state index >= 15 is 0 Å². The van der Waals surface area contributed by atoms with Gasteiger partial charge >= 0.3 is 0 Å². The van der Waals surface area contributed by atoms with Crippen LogP contribution >= 0.6 is 0 Å². The van der Waals surface area contributed by atoms with Crippen molar-refractivity contribution in [2.75, 3.05) is 7.11 Å². The number of carbonyl (C=O) groups is 1. The van der Waals surface area contributed by atoms with Crippen LogP contribution in [0.5, 0.6) is 11.5 Å². The predicted octanol–water partition coefficient (Wildman–Crippen LogP) is 4.68. The lowest BCUT2D eigenvalue weighted by molar-refractivity contribution is -0.127. The van der Waals surface area contributed by atoms with E-state index in [1.165, 1.54) is 0 Å². The third kappa shape index (κ3) is 3.48. The molecule has 0 saturated heterocycles. The lowest BCUT2D eigenvalue weighted by Crippen LogP contribution is -2.35. The zero-order chi connectivity index (χ0) is 24.8. The lowest BCUT2D eigenvalue weighted by Gasteiger charge is -2.15. The number of aromatic nitrogens is 2. The molecule has 0 aliphatic rings. The molecule has 7 nitrogen and oxygen atoms in total. The Bertz CT molecular complexity index is 1830. The number of carbonyl (C=O) groups excluding carboxylic acids is 1. The predicted molar refractivity (Wildman–Crippen MR) is 140 cm³/mol. The molecule has 1 amide bonds. The van der Waals surface area contributed by atoms with Gasteiger partial charge < -0.3 is 14.8 Å². The monoisotopic (exact) mass is 477 g/mol. The molecule has 0 saturated carbocycles. The van der Waals surface area contributed by atoms with E-state index in [1.807, 2.05) is 66.7 Å². The molecule has 0 aliphatic carbocycles. The molecule has 0 radical (unpaired) electrons. The minimum atomic E-state index is -0.708. The Labute approximate surface area is 206 Å². The first-order valence-corrected chi connectivity index (χ1v) is 11.7. The molecule has 7 heteroatoms. The van der Waals surface area contributed by atoms with Gasteiger partial charge in [0.05, 0.1) is 23.7 Å². The van der Waals surface area contributed by atoms with E-state index in [9.17, 15) is 9.59 Å². The Morgan fingerprint density at radius 3 is 2.61 bits per heavy atom. The summed E-state index contributed by atoms with van der Waals surface area (Å²) < 4.78 is 13.0. The van der Waals surface area contributed by atoms with Crippen molar-refractivity contribution in [2.45, 2.75) is 19.6 Å². The molecule has 6 aromatic rings. The number of hydrogen-bond donors (Lipinski definition) is 1. The van der Waals surface area contributed by atoms with E-state index in [-0.39, 0.29) is 11.5 Å². The van der Waals surface area contributed by atoms with Crippen LogP contribution in [0.3, 0.4) is 0 Å². The number of amides is 1. The minimum absolute atomic E-state index is 0.0787. The molecule has 0 aliphatic heterocycles. The van der Waals surface area contributed by atoms with Gasteiger partial charge in [0.2, 0.25) is 0 Å². The number of rotatable bonds is 6. The van der Waals surface area contributed by atoms with Gasteiger partial charge in [0.15, 0.2) is 6.10 Å². The number of ether oxygens (including phenoxy) is 2. The van der Waals surface area contributed by atoms with Crippen molar-refractivity contribution in [1.29, 1.82) is 0 Å². The summed E-state index contributed by atoms with van der Waals surface area (Å²) >= 11 is 0. The van der Waals surface area contributed by atoms with Gasteiger partial charge in [-0.25, -0.2) is 0 Å². The summed E-state index contributed by atoms with van der Waals surface area (Å²) in [4.78, 5) is 30.7. The largest absolute Gasteiger partial charge is 0.497 e. The van der Waals surface area contributed by atoms with Gasteiger partial charge in [-0.05, 0) is 55.0 Å². The molecule has 0 unspecified atom stereocenters. The Morgan fingerprint density at radius 2 is 1.78 bits per heavy atom. The van der Waals surface area contributed by atoms with Crippen LogP contribution in [-0.4, -0.2) is 28.5 Å². The summed E-state index contributed by atoms with van der Waals surface area (Å²) in [6.07, 6.45) is 1.05. The van der Waals surface area contributed by atoms with Gasteiger partial charge in [-0.3, -0.25) is 19.0 Å². The van der Waals surface area contributed by atoms with Crippen molar-refractivity contribution in [2.24, 2.45) is 0 Å². The fourth-order valence-electron chi connectivity index (χ4n) is 4.79. The van der Waals surface area contributed by atoms with Crippen molar-refractivity contribution < 1.29 is 14.3 Å². The maximum atomic E-state index is 13.4. The highest BCUT2D eigenvalue weighted by atomic mass is 16.5. The van der Waals surface area contributed by atoms with E-state index < -0.39 is 6.10 Å². The second kappa shape index (κ2) is 8.53. The number of hydrogen-bond acceptors (Lipinski definition) is 5. The summed E-state index contributed by atoms with van der Waals surface area (Å²) in [5.74, 6) is 1.06. The van der Waals surface area contributed by atoms with Crippen molar-refractivity contribution in [3.8, 4) is 11.5 Å². The molecule has 1 N–H and O–H groups in total. The topological polar surface area (TPSA) is 81.9 Å². The van der Waals surface area contributed by atoms with Crippen LogP contribution in [0.15, 0.2) is 83.8 Å². The second-order valence-corrected chi connectivity index (χ2v) is 8.75. The second-order valence-electron chi connectivity index (χ2n) is 8.75. The lowest BCUT2D eigenvalue weighted by atomic mass is 10.1. The third-order valence-corrected chi connectivity index (χ3v) is 6.55. The highest BCUT2D eigenvalue weighted by Crippen LogP contribution is 2.34. The van der Waals surface area contributed by atoms with Gasteiger partial charge in [0.1, 0.15) is 11.5 Å². The van der Waals surface area contributed by atoms with E-state index in [0.29, 0.717) is 17.7 Å². The summed E-state index contributed by atoms with van der Waals surface area (Å²) in [6, 6.07) is 22.5. The van der Waals surface area contributed by atoms with Gasteiger partial charge in [0, 0.05) is 34.3 Å². The SMILES string of the molecule is COc1cccc(CNC(=O)[C@H](C)Oc2ccc3c(c2)c2ccnc4c5ccccc5c(=O)n3c24)c1. The molecule has 0 fully saturated rings. The number of benzene rings is 3. The summed E-state index contributed by atoms with van der Waals surface area (Å²) in [6.45, 7) is 2.08. The number of methoxy groups -OCH3 is 1. The third-order valence-electron chi connectivity index (χ3n) is 6.55. The molecule has 178 valence electrons. The fraction of sp³-hybridized carbons (Fsp3) is 0.138. The number of fused-ring (bicyclic) bond motifs is 5. The molecule has 1 atom stereocenters. The van der Waals surface area contributed by atoms with Gasteiger partial charge in [0.25, 0.3) is 11.5 Å². The fourth-order valence-corrected chi connectivity index (χ4v) is 4.79. The maximum absolute atomic E-state index is 13.4. The molecule has 0 spiro atoms. The van der Waals surface area contributed by atoms with E-state index in [1.54, 1.807) is 30.7 Å². The molecular formula is C29H23N3O4. The van der Waals surface area contributed by atoms with Crippen LogP contribution in [-0.2, 0) is 11.3 Å². The van der Waals surface area contributed by atoms with E-state index in [2.05, 4.69) is 10.3 Å². The quantitative estimate of drug-likeness (QED) is 0.352. The summed E-state index contributed by atoms with van der Waals surface area (Å²) in [5, 5.41) is 6.16. The van der Waals surface area contributed by atoms with Crippen LogP contribution in [0.2, 0.25) is 0 Å². The van der Waals surface area contributed by atoms with Crippen molar-refractivity contribution in [3.63, 3.8) is 0 Å². The molecule has 6 rings (SSSR count). The maximum Gasteiger partial charge on any atom is 0.263 e. The molecule has 36 heavy (non-hydrogen) atoms. The average Bonchev–Trinajstić information content (AvgIpc) is 3.25. The standard InChI is InChI=1S/C29H23N3O4/c1-17(28(33)31-16-18-6-5-7-19(14-18)35-2)36-20-10-11-25-24(15-20)22-12-13-30-26-21-8-3-4-9-23(21)29(34)32(25)27(22)26/h3-15,17H,16H2,1-2H3,(H,31,33)/t17-/m0/s1. The van der Waals surface area contributed by atoms with Crippen LogP contribution in [0.25, 0.3) is 38.1 Å². The highest BCUT2D eigenvalue weighted by Gasteiger charge is 2.19. The number of nitrogens with zero attached hydrogens (tertiary/aromatic N) is 2. The molecule has 3 aromatic heterocycles. The van der Waals surface area contributed by atoms with Gasteiger partial charge in [-0.15, -0.1) is 0 Å². The first-order valence-electron chi connectivity index (χ1n) is 11.7. The number of pyridine rings is 2. The van der Waals surface area contributed by atoms with Crippen molar-refractivity contribution in [1.82, 2.24) is 14.7 Å². The van der Waals surface area contributed by atoms with Crippen LogP contribution in [0.1, 0.15) is 12.5 Å². The summed E-state index contributed by atoms with van der Waals surface area (Å²) in [5.41, 5.74) is 3.21. The highest BCUT2D eigenvalue weighted by molar-refractivity contribution is 6.18. The van der Waals surface area contributed by atoms with Crippen LogP contribution in [0, 0.1) is 0 Å². The zero-order valence-corrected chi connectivity index (χ0v) is 19.8. The molecule has 3 aromatic carbocycles. The zero-order valence-electron chi connectivity index (χ0n) is 19.8. The Balaban J connectivity index is 1.33. The first-order chi connectivity index (χ1) is 17.5. The smallest absolute Gasteiger partial charge is 0.263 e. The normalized spacial score (nSPS) is 12.4.